The van der Waals surface area contributed by atoms with E-state index in [4.69, 9.17) is 4.98 Å². The first-order valence-electron chi connectivity index (χ1n) is 10.3. The van der Waals surface area contributed by atoms with E-state index in [2.05, 4.69) is 5.32 Å². The lowest BCUT2D eigenvalue weighted by molar-refractivity contribution is -0.122. The molecule has 1 saturated heterocycles. The molecule has 2 aromatic heterocycles. The van der Waals surface area contributed by atoms with Gasteiger partial charge in [0.2, 0.25) is 11.8 Å². The van der Waals surface area contributed by atoms with Crippen molar-refractivity contribution < 1.29 is 9.59 Å². The Morgan fingerprint density at radius 2 is 1.90 bits per heavy atom. The molecular formula is C25H22N4O2. The number of nitrogens with one attached hydrogen (secondary N) is 1. The highest BCUT2D eigenvalue weighted by Gasteiger charge is 2.35. The molecule has 1 fully saturated rings. The Labute approximate surface area is 180 Å². The molecule has 4 aromatic rings. The number of hydrogen-bond acceptors (Lipinski definition) is 3. The van der Waals surface area contributed by atoms with Crippen LogP contribution in [0, 0.1) is 12.8 Å². The predicted molar refractivity (Wildman–Crippen MR) is 121 cm³/mol. The maximum atomic E-state index is 12.9. The SMILES string of the molecule is Cc1cccn2cc(-c3cccc(NC(=O)[C@H]4CC(=O)N(c5ccccc5)C4)c3)nc12. The molecule has 31 heavy (non-hydrogen) atoms. The zero-order chi connectivity index (χ0) is 21.4. The van der Waals surface area contributed by atoms with Crippen LogP contribution >= 0.6 is 0 Å². The van der Waals surface area contributed by atoms with Gasteiger partial charge in [-0.05, 0) is 42.8 Å². The number of hydrogen-bond donors (Lipinski definition) is 1. The molecule has 6 heteroatoms. The summed E-state index contributed by atoms with van der Waals surface area (Å²) in [5.41, 5.74) is 5.31. The average molecular weight is 410 g/mol. The lowest BCUT2D eigenvalue weighted by Crippen LogP contribution is -2.28. The minimum absolute atomic E-state index is 0.0276. The normalized spacial score (nSPS) is 16.1. The Bertz CT molecular complexity index is 1280. The van der Waals surface area contributed by atoms with Gasteiger partial charge in [0.1, 0.15) is 5.65 Å². The number of aromatic nitrogens is 2. The maximum Gasteiger partial charge on any atom is 0.229 e. The van der Waals surface area contributed by atoms with E-state index in [9.17, 15) is 9.59 Å². The summed E-state index contributed by atoms with van der Waals surface area (Å²) in [6.45, 7) is 2.42. The summed E-state index contributed by atoms with van der Waals surface area (Å²) in [6, 6.07) is 21.1. The lowest BCUT2D eigenvalue weighted by atomic mass is 10.1. The number of fused-ring (bicyclic) bond motifs is 1. The summed E-state index contributed by atoms with van der Waals surface area (Å²) >= 11 is 0. The Kier molecular flexibility index (Phi) is 4.75. The molecule has 1 atom stereocenters. The third-order valence-corrected chi connectivity index (χ3v) is 5.67. The van der Waals surface area contributed by atoms with E-state index in [0.717, 1.165) is 28.2 Å². The van der Waals surface area contributed by atoms with Crippen molar-refractivity contribution in [1.82, 2.24) is 9.38 Å². The third-order valence-electron chi connectivity index (χ3n) is 5.67. The summed E-state index contributed by atoms with van der Waals surface area (Å²) in [6.07, 6.45) is 4.17. The number of carbonyl (C=O) groups excluding carboxylic acids is 2. The standard InChI is InChI=1S/C25H22N4O2/c1-17-7-6-12-28-16-22(27-24(17)28)18-8-5-9-20(13-18)26-25(31)19-14-23(30)29(15-19)21-10-3-2-4-11-21/h2-13,16,19H,14-15H2,1H3,(H,26,31)/t19-/m0/s1. The minimum Gasteiger partial charge on any atom is -0.326 e. The molecular weight excluding hydrogens is 388 g/mol. The number of imidazole rings is 1. The lowest BCUT2D eigenvalue weighted by Gasteiger charge is -2.16. The fraction of sp³-hybridized carbons (Fsp3) is 0.160. The molecule has 2 aromatic carbocycles. The molecule has 5 rings (SSSR count). The van der Waals surface area contributed by atoms with Gasteiger partial charge in [0.05, 0.1) is 11.6 Å². The highest BCUT2D eigenvalue weighted by Crippen LogP contribution is 2.27. The number of nitrogens with zero attached hydrogens (tertiary/aromatic N) is 3. The first-order valence-corrected chi connectivity index (χ1v) is 10.3. The highest BCUT2D eigenvalue weighted by atomic mass is 16.2. The van der Waals surface area contributed by atoms with Gasteiger partial charge < -0.3 is 14.6 Å². The van der Waals surface area contributed by atoms with Gasteiger partial charge in [-0.2, -0.15) is 0 Å². The molecule has 1 aliphatic heterocycles. The van der Waals surface area contributed by atoms with E-state index in [1.54, 1.807) is 4.90 Å². The van der Waals surface area contributed by atoms with Crippen molar-refractivity contribution in [2.45, 2.75) is 13.3 Å². The molecule has 6 nitrogen and oxygen atoms in total. The van der Waals surface area contributed by atoms with Crippen molar-refractivity contribution in [3.8, 4) is 11.3 Å². The average Bonchev–Trinajstić information content (AvgIpc) is 3.39. The van der Waals surface area contributed by atoms with Gasteiger partial charge in [0.15, 0.2) is 0 Å². The first-order chi connectivity index (χ1) is 15.1. The molecule has 0 radical (unpaired) electrons. The van der Waals surface area contributed by atoms with Crippen molar-refractivity contribution in [2.24, 2.45) is 5.92 Å². The van der Waals surface area contributed by atoms with E-state index in [-0.39, 0.29) is 24.2 Å². The molecule has 154 valence electrons. The van der Waals surface area contributed by atoms with Crippen LogP contribution in [-0.2, 0) is 9.59 Å². The van der Waals surface area contributed by atoms with Crippen molar-refractivity contribution >= 4 is 28.8 Å². The Morgan fingerprint density at radius 1 is 1.06 bits per heavy atom. The van der Waals surface area contributed by atoms with Crippen LogP contribution < -0.4 is 10.2 Å². The summed E-state index contributed by atoms with van der Waals surface area (Å²) in [5, 5.41) is 2.98. The number of rotatable bonds is 4. The van der Waals surface area contributed by atoms with Crippen molar-refractivity contribution in [3.63, 3.8) is 0 Å². The van der Waals surface area contributed by atoms with E-state index in [0.29, 0.717) is 12.2 Å². The van der Waals surface area contributed by atoms with Crippen LogP contribution in [0.4, 0.5) is 11.4 Å². The van der Waals surface area contributed by atoms with Crippen LogP contribution in [0.2, 0.25) is 0 Å². The topological polar surface area (TPSA) is 66.7 Å². The zero-order valence-corrected chi connectivity index (χ0v) is 17.2. The first kappa shape index (κ1) is 19.1. The van der Waals surface area contributed by atoms with Gasteiger partial charge in [-0.25, -0.2) is 4.98 Å². The van der Waals surface area contributed by atoms with Gasteiger partial charge in [0, 0.05) is 42.3 Å². The van der Waals surface area contributed by atoms with Crippen LogP contribution in [-0.4, -0.2) is 27.7 Å². The number of pyridine rings is 1. The summed E-state index contributed by atoms with van der Waals surface area (Å²) in [7, 11) is 0. The van der Waals surface area contributed by atoms with E-state index >= 15 is 0 Å². The fourth-order valence-corrected chi connectivity index (χ4v) is 4.03. The second-order valence-electron chi connectivity index (χ2n) is 7.86. The number of aryl methyl sites for hydroxylation is 1. The van der Waals surface area contributed by atoms with Gasteiger partial charge in [0.25, 0.3) is 0 Å². The van der Waals surface area contributed by atoms with Gasteiger partial charge in [-0.15, -0.1) is 0 Å². The monoisotopic (exact) mass is 410 g/mol. The largest absolute Gasteiger partial charge is 0.326 e. The summed E-state index contributed by atoms with van der Waals surface area (Å²) in [4.78, 5) is 31.7. The minimum atomic E-state index is -0.380. The van der Waals surface area contributed by atoms with Gasteiger partial charge in [-0.1, -0.05) is 36.4 Å². The molecule has 1 aliphatic rings. The van der Waals surface area contributed by atoms with Gasteiger partial charge in [-0.3, -0.25) is 9.59 Å². The highest BCUT2D eigenvalue weighted by molar-refractivity contribution is 6.03. The van der Waals surface area contributed by atoms with E-state index < -0.39 is 0 Å². The Balaban J connectivity index is 1.33. The predicted octanol–water partition coefficient (Wildman–Crippen LogP) is 4.30. The number of amides is 2. The molecule has 1 N–H and O–H groups in total. The number of benzene rings is 2. The van der Waals surface area contributed by atoms with Crippen LogP contribution in [0.15, 0.2) is 79.1 Å². The fourth-order valence-electron chi connectivity index (χ4n) is 4.03. The van der Waals surface area contributed by atoms with Crippen molar-refractivity contribution in [2.75, 3.05) is 16.8 Å². The Morgan fingerprint density at radius 3 is 2.71 bits per heavy atom. The molecule has 0 spiro atoms. The quantitative estimate of drug-likeness (QED) is 0.545. The van der Waals surface area contributed by atoms with Crippen LogP contribution in [0.25, 0.3) is 16.9 Å². The van der Waals surface area contributed by atoms with Crippen molar-refractivity contribution in [3.05, 3.63) is 84.7 Å². The molecule has 0 saturated carbocycles. The molecule has 2 amide bonds. The summed E-state index contributed by atoms with van der Waals surface area (Å²) in [5.74, 6) is -0.552. The van der Waals surface area contributed by atoms with Crippen molar-refractivity contribution in [1.29, 1.82) is 0 Å². The Hall–Kier alpha value is -3.93. The number of para-hydroxylation sites is 1. The molecule has 0 aliphatic carbocycles. The van der Waals surface area contributed by atoms with Crippen LogP contribution in [0.5, 0.6) is 0 Å². The zero-order valence-electron chi connectivity index (χ0n) is 17.2. The van der Waals surface area contributed by atoms with Crippen LogP contribution in [0.1, 0.15) is 12.0 Å². The summed E-state index contributed by atoms with van der Waals surface area (Å²) < 4.78 is 2.00. The maximum absolute atomic E-state index is 12.9. The van der Waals surface area contributed by atoms with Gasteiger partial charge >= 0.3 is 0 Å². The van der Waals surface area contributed by atoms with Crippen LogP contribution in [0.3, 0.4) is 0 Å². The second kappa shape index (κ2) is 7.72. The third kappa shape index (κ3) is 3.68. The smallest absolute Gasteiger partial charge is 0.229 e. The van der Waals surface area contributed by atoms with E-state index in [1.165, 1.54) is 0 Å². The molecule has 3 heterocycles. The number of anilines is 2. The molecule has 0 bridgehead atoms. The second-order valence-corrected chi connectivity index (χ2v) is 7.86. The number of carbonyl (C=O) groups is 2. The van der Waals surface area contributed by atoms with E-state index in [1.807, 2.05) is 90.4 Å². The molecule has 0 unspecified atom stereocenters.